The molecular formula is C15H23N5. The van der Waals surface area contributed by atoms with Crippen LogP contribution in [-0.2, 0) is 20.1 Å². The van der Waals surface area contributed by atoms with E-state index in [0.717, 1.165) is 18.8 Å². The minimum Gasteiger partial charge on any atom is -0.307 e. The summed E-state index contributed by atoms with van der Waals surface area (Å²) in [4.78, 5) is 0. The molecule has 2 heterocycles. The van der Waals surface area contributed by atoms with Crippen molar-refractivity contribution in [3.05, 3.63) is 35.4 Å². The number of nitrogens with zero attached hydrogens (tertiary/aromatic N) is 4. The van der Waals surface area contributed by atoms with Gasteiger partial charge in [-0.05, 0) is 25.8 Å². The summed E-state index contributed by atoms with van der Waals surface area (Å²) in [5.74, 6) is 0. The molecule has 0 radical (unpaired) electrons. The first-order valence-corrected chi connectivity index (χ1v) is 7.46. The van der Waals surface area contributed by atoms with Crippen molar-refractivity contribution in [2.75, 3.05) is 0 Å². The van der Waals surface area contributed by atoms with Crippen LogP contribution < -0.4 is 5.32 Å². The molecule has 108 valence electrons. The van der Waals surface area contributed by atoms with Gasteiger partial charge in [-0.2, -0.15) is 10.2 Å². The van der Waals surface area contributed by atoms with Crippen LogP contribution in [0.5, 0.6) is 0 Å². The molecular weight excluding hydrogens is 250 g/mol. The van der Waals surface area contributed by atoms with Crippen LogP contribution in [0.2, 0.25) is 0 Å². The summed E-state index contributed by atoms with van der Waals surface area (Å²) < 4.78 is 4.06. The summed E-state index contributed by atoms with van der Waals surface area (Å²) in [7, 11) is 1.97. The summed E-state index contributed by atoms with van der Waals surface area (Å²) in [6.45, 7) is 3.75. The Kier molecular flexibility index (Phi) is 3.87. The van der Waals surface area contributed by atoms with Crippen molar-refractivity contribution in [3.8, 4) is 0 Å². The third-order valence-electron chi connectivity index (χ3n) is 4.32. The Hall–Kier alpha value is -1.62. The first-order chi connectivity index (χ1) is 9.74. The zero-order valence-electron chi connectivity index (χ0n) is 12.3. The second kappa shape index (κ2) is 5.79. The minimum atomic E-state index is 0.629. The van der Waals surface area contributed by atoms with Gasteiger partial charge in [-0.1, -0.05) is 12.8 Å². The van der Waals surface area contributed by atoms with Gasteiger partial charge in [0.2, 0.25) is 0 Å². The number of hydrogen-bond acceptors (Lipinski definition) is 3. The second-order valence-corrected chi connectivity index (χ2v) is 5.71. The van der Waals surface area contributed by atoms with Crippen LogP contribution in [0.15, 0.2) is 18.5 Å². The van der Waals surface area contributed by atoms with E-state index < -0.39 is 0 Å². The van der Waals surface area contributed by atoms with Gasteiger partial charge in [-0.15, -0.1) is 0 Å². The van der Waals surface area contributed by atoms with E-state index in [1.807, 2.05) is 17.9 Å². The van der Waals surface area contributed by atoms with Gasteiger partial charge >= 0.3 is 0 Å². The highest BCUT2D eigenvalue weighted by molar-refractivity contribution is 5.15. The quantitative estimate of drug-likeness (QED) is 0.909. The molecule has 1 aliphatic carbocycles. The zero-order valence-corrected chi connectivity index (χ0v) is 12.3. The fourth-order valence-electron chi connectivity index (χ4n) is 2.89. The van der Waals surface area contributed by atoms with Crippen LogP contribution in [0.3, 0.4) is 0 Å². The van der Waals surface area contributed by atoms with Gasteiger partial charge in [-0.3, -0.25) is 9.36 Å². The largest absolute Gasteiger partial charge is 0.307 e. The molecule has 1 fully saturated rings. The Bertz CT molecular complexity index is 563. The first-order valence-electron chi connectivity index (χ1n) is 7.46. The molecule has 2 aromatic rings. The first kappa shape index (κ1) is 13.4. The molecule has 1 N–H and O–H groups in total. The van der Waals surface area contributed by atoms with Crippen molar-refractivity contribution < 1.29 is 0 Å². The summed E-state index contributed by atoms with van der Waals surface area (Å²) in [6, 6.07) is 2.76. The van der Waals surface area contributed by atoms with Gasteiger partial charge in [0, 0.05) is 37.6 Å². The van der Waals surface area contributed by atoms with Crippen LogP contribution in [0.4, 0.5) is 0 Å². The molecule has 1 saturated carbocycles. The van der Waals surface area contributed by atoms with Gasteiger partial charge in [-0.25, -0.2) is 0 Å². The van der Waals surface area contributed by atoms with Crippen molar-refractivity contribution in [1.82, 2.24) is 24.9 Å². The molecule has 0 aliphatic heterocycles. The number of aromatic nitrogens is 4. The molecule has 0 atom stereocenters. The summed E-state index contributed by atoms with van der Waals surface area (Å²) >= 11 is 0. The van der Waals surface area contributed by atoms with E-state index >= 15 is 0 Å². The highest BCUT2D eigenvalue weighted by Gasteiger charge is 2.17. The lowest BCUT2D eigenvalue weighted by molar-refractivity contribution is 0.460. The predicted molar refractivity (Wildman–Crippen MR) is 78.2 cm³/mol. The van der Waals surface area contributed by atoms with Gasteiger partial charge in [0.25, 0.3) is 0 Å². The Morgan fingerprint density at radius 1 is 1.30 bits per heavy atom. The van der Waals surface area contributed by atoms with Crippen LogP contribution in [-0.4, -0.2) is 19.6 Å². The SMILES string of the molecule is Cc1c(CNCc2ccn(C3CCCC3)n2)cnn1C. The molecule has 0 saturated heterocycles. The standard InChI is InChI=1S/C15H23N5/c1-12-13(10-17-19(12)2)9-16-11-14-7-8-20(18-14)15-5-3-4-6-15/h7-8,10,15-16H,3-6,9,11H2,1-2H3. The lowest BCUT2D eigenvalue weighted by Crippen LogP contribution is -2.14. The summed E-state index contributed by atoms with van der Waals surface area (Å²) in [5, 5.41) is 12.4. The van der Waals surface area contributed by atoms with E-state index in [4.69, 9.17) is 0 Å². The Morgan fingerprint density at radius 3 is 2.80 bits per heavy atom. The van der Waals surface area contributed by atoms with Crippen molar-refractivity contribution in [2.45, 2.75) is 51.7 Å². The van der Waals surface area contributed by atoms with E-state index in [1.54, 1.807) is 0 Å². The highest BCUT2D eigenvalue weighted by atomic mass is 15.3. The van der Waals surface area contributed by atoms with E-state index in [9.17, 15) is 0 Å². The number of nitrogens with one attached hydrogen (secondary N) is 1. The van der Waals surface area contributed by atoms with Crippen molar-refractivity contribution in [1.29, 1.82) is 0 Å². The average molecular weight is 273 g/mol. The maximum absolute atomic E-state index is 4.68. The number of aryl methyl sites for hydroxylation is 1. The topological polar surface area (TPSA) is 47.7 Å². The van der Waals surface area contributed by atoms with Gasteiger partial charge in [0.15, 0.2) is 0 Å². The molecule has 3 rings (SSSR count). The highest BCUT2D eigenvalue weighted by Crippen LogP contribution is 2.28. The van der Waals surface area contributed by atoms with E-state index in [-0.39, 0.29) is 0 Å². The molecule has 0 aromatic carbocycles. The number of rotatable bonds is 5. The Morgan fingerprint density at radius 2 is 2.10 bits per heavy atom. The molecule has 0 spiro atoms. The summed E-state index contributed by atoms with van der Waals surface area (Å²) in [6.07, 6.45) is 9.31. The smallest absolute Gasteiger partial charge is 0.0762 e. The molecule has 5 nitrogen and oxygen atoms in total. The van der Waals surface area contributed by atoms with Crippen LogP contribution in [0.1, 0.15) is 48.7 Å². The molecule has 1 aliphatic rings. The Balaban J connectivity index is 1.52. The van der Waals surface area contributed by atoms with Crippen molar-refractivity contribution >= 4 is 0 Å². The fraction of sp³-hybridized carbons (Fsp3) is 0.600. The predicted octanol–water partition coefficient (Wildman–Crippen LogP) is 2.33. The molecule has 20 heavy (non-hydrogen) atoms. The molecule has 0 amide bonds. The third kappa shape index (κ3) is 2.77. The lowest BCUT2D eigenvalue weighted by Gasteiger charge is -2.09. The zero-order chi connectivity index (χ0) is 13.9. The van der Waals surface area contributed by atoms with Crippen molar-refractivity contribution in [3.63, 3.8) is 0 Å². The lowest BCUT2D eigenvalue weighted by atomic mass is 10.2. The summed E-state index contributed by atoms with van der Waals surface area (Å²) in [5.41, 5.74) is 3.59. The van der Waals surface area contributed by atoms with E-state index in [1.165, 1.54) is 36.9 Å². The van der Waals surface area contributed by atoms with Gasteiger partial charge < -0.3 is 5.32 Å². The third-order valence-corrected chi connectivity index (χ3v) is 4.32. The average Bonchev–Trinajstić information content (AvgIpc) is 3.15. The molecule has 0 bridgehead atoms. The maximum atomic E-state index is 4.68. The van der Waals surface area contributed by atoms with Crippen molar-refractivity contribution in [2.24, 2.45) is 7.05 Å². The normalized spacial score (nSPS) is 16.1. The second-order valence-electron chi connectivity index (χ2n) is 5.71. The number of hydrogen-bond donors (Lipinski definition) is 1. The maximum Gasteiger partial charge on any atom is 0.0762 e. The minimum absolute atomic E-state index is 0.629. The van der Waals surface area contributed by atoms with E-state index in [0.29, 0.717) is 6.04 Å². The van der Waals surface area contributed by atoms with E-state index in [2.05, 4.69) is 39.4 Å². The van der Waals surface area contributed by atoms with Crippen LogP contribution in [0, 0.1) is 6.92 Å². The van der Waals surface area contributed by atoms with Crippen LogP contribution in [0.25, 0.3) is 0 Å². The van der Waals surface area contributed by atoms with Crippen LogP contribution >= 0.6 is 0 Å². The monoisotopic (exact) mass is 273 g/mol. The fourth-order valence-corrected chi connectivity index (χ4v) is 2.89. The van der Waals surface area contributed by atoms with Gasteiger partial charge in [0.1, 0.15) is 0 Å². The molecule has 5 heteroatoms. The Labute approximate surface area is 120 Å². The molecule has 0 unspecified atom stereocenters. The molecule has 2 aromatic heterocycles. The van der Waals surface area contributed by atoms with Gasteiger partial charge in [0.05, 0.1) is 17.9 Å².